The lowest BCUT2D eigenvalue weighted by Crippen LogP contribution is -2.40. The van der Waals surface area contributed by atoms with Crippen LogP contribution < -0.4 is 10.2 Å². The lowest BCUT2D eigenvalue weighted by Gasteiger charge is -2.28. The molecule has 0 radical (unpaired) electrons. The summed E-state index contributed by atoms with van der Waals surface area (Å²) in [4.78, 5) is 25.0. The molecule has 7 nitrogen and oxygen atoms in total. The largest absolute Gasteiger partial charge is 0.756 e. The van der Waals surface area contributed by atoms with Gasteiger partial charge in [0.05, 0.1) is 33.8 Å². The van der Waals surface area contributed by atoms with Crippen LogP contribution in [0.25, 0.3) is 0 Å². The van der Waals surface area contributed by atoms with Crippen LogP contribution in [0, 0.1) is 0 Å². The van der Waals surface area contributed by atoms with Gasteiger partial charge in [0.1, 0.15) is 13.2 Å². The van der Waals surface area contributed by atoms with Crippen LogP contribution in [0.3, 0.4) is 0 Å². The van der Waals surface area contributed by atoms with Crippen molar-refractivity contribution in [1.82, 2.24) is 5.32 Å². The van der Waals surface area contributed by atoms with Gasteiger partial charge < -0.3 is 23.7 Å². The zero-order valence-electron chi connectivity index (χ0n) is 29.7. The lowest BCUT2D eigenvalue weighted by atomic mass is 10.0. The number of thioether (sulfide) groups is 1. The van der Waals surface area contributed by atoms with Gasteiger partial charge in [-0.3, -0.25) is 9.36 Å². The van der Waals surface area contributed by atoms with E-state index in [0.717, 1.165) is 25.0 Å². The van der Waals surface area contributed by atoms with Crippen LogP contribution in [0.15, 0.2) is 0 Å². The van der Waals surface area contributed by atoms with Crippen LogP contribution in [0.1, 0.15) is 162 Å². The summed E-state index contributed by atoms with van der Waals surface area (Å²) in [7, 11) is 1.52. The van der Waals surface area contributed by atoms with E-state index in [1.807, 2.05) is 21.1 Å². The molecule has 0 aromatic carbocycles. The van der Waals surface area contributed by atoms with Crippen molar-refractivity contribution in [2.24, 2.45) is 0 Å². The summed E-state index contributed by atoms with van der Waals surface area (Å²) in [5, 5.41) is 3.04. The molecule has 1 N–H and O–H groups in total. The summed E-state index contributed by atoms with van der Waals surface area (Å²) in [6, 6.07) is -0.350. The summed E-state index contributed by atoms with van der Waals surface area (Å²) >= 11 is 1.77. The molecule has 44 heavy (non-hydrogen) atoms. The van der Waals surface area contributed by atoms with E-state index in [9.17, 15) is 14.3 Å². The third kappa shape index (κ3) is 33.3. The quantitative estimate of drug-likeness (QED) is 0.0419. The van der Waals surface area contributed by atoms with Crippen molar-refractivity contribution in [2.75, 3.05) is 52.4 Å². The predicted octanol–water partition coefficient (Wildman–Crippen LogP) is 9.42. The molecule has 1 amide bonds. The number of likely N-dealkylation sites (N-methyl/N-ethyl adjacent to an activating group) is 1. The molecule has 0 aromatic rings. The SMILES string of the molecule is CCCCCCCCCCCCCCCCSC[C@H](COP(=O)([O-])OCC[N+](C)(C)C)NC(=O)CCCCCCCCCC. The highest BCUT2D eigenvalue weighted by atomic mass is 32.2. The minimum absolute atomic E-state index is 0.0200. The summed E-state index contributed by atoms with van der Waals surface area (Å²) in [5.74, 6) is 1.63. The molecule has 2 atom stereocenters. The van der Waals surface area contributed by atoms with E-state index in [-0.39, 0.29) is 25.2 Å². The second-order valence-electron chi connectivity index (χ2n) is 13.8. The Bertz CT molecular complexity index is 693. The molecule has 0 spiro atoms. The third-order valence-corrected chi connectivity index (χ3v) is 10.2. The fourth-order valence-electron chi connectivity index (χ4n) is 5.12. The zero-order valence-corrected chi connectivity index (χ0v) is 31.4. The summed E-state index contributed by atoms with van der Waals surface area (Å²) < 4.78 is 23.2. The first-order valence-corrected chi connectivity index (χ1v) is 21.0. The number of amides is 1. The van der Waals surface area contributed by atoms with Crippen LogP contribution in [-0.2, 0) is 18.4 Å². The molecule has 0 aliphatic rings. The van der Waals surface area contributed by atoms with Crippen molar-refractivity contribution >= 4 is 25.5 Å². The summed E-state index contributed by atoms with van der Waals surface area (Å²) in [6.07, 6.45) is 28.8. The number of quaternary nitrogens is 1. The average Bonchev–Trinajstić information content (AvgIpc) is 2.96. The van der Waals surface area contributed by atoms with E-state index in [0.29, 0.717) is 23.2 Å². The Morgan fingerprint density at radius 2 is 1.14 bits per heavy atom. The Kier molecular flexibility index (Phi) is 30.2. The van der Waals surface area contributed by atoms with Gasteiger partial charge in [0, 0.05) is 12.2 Å². The Hall–Kier alpha value is -0.110. The molecule has 0 heterocycles. The number of nitrogens with zero attached hydrogens (tertiary/aromatic N) is 1. The third-order valence-electron chi connectivity index (χ3n) is 8.03. The molecule has 0 saturated heterocycles. The standard InChI is InChI=1S/C35H73N2O5PS/c1-6-8-10-12-14-16-17-18-19-20-21-23-25-27-31-44-33-34(32-42-43(39,40)41-30-29-37(3,4)5)36-35(38)28-26-24-22-15-13-11-9-7-2/h34H,6-33H2,1-5H3,(H-,36,38,39,40)/t34-/m0/s1. The Morgan fingerprint density at radius 1 is 0.705 bits per heavy atom. The second kappa shape index (κ2) is 30.2. The average molecular weight is 665 g/mol. The maximum Gasteiger partial charge on any atom is 0.268 e. The van der Waals surface area contributed by atoms with E-state index in [1.54, 1.807) is 11.8 Å². The molecular formula is C35H73N2O5PS. The molecule has 0 aliphatic heterocycles. The molecule has 0 fully saturated rings. The molecule has 0 saturated carbocycles. The summed E-state index contributed by atoms with van der Waals surface area (Å²) in [5.41, 5.74) is 0. The van der Waals surface area contributed by atoms with E-state index in [1.165, 1.54) is 122 Å². The second-order valence-corrected chi connectivity index (χ2v) is 16.3. The fraction of sp³-hybridized carbons (Fsp3) is 0.971. The molecule has 0 bridgehead atoms. The topological polar surface area (TPSA) is 87.7 Å². The number of rotatable bonds is 34. The van der Waals surface area contributed by atoms with Gasteiger partial charge in [-0.25, -0.2) is 0 Å². The van der Waals surface area contributed by atoms with Crippen molar-refractivity contribution in [3.8, 4) is 0 Å². The predicted molar refractivity (Wildman–Crippen MR) is 189 cm³/mol. The van der Waals surface area contributed by atoms with Crippen molar-refractivity contribution < 1.29 is 27.8 Å². The monoisotopic (exact) mass is 664 g/mol. The number of unbranched alkanes of at least 4 members (excludes halogenated alkanes) is 20. The Balaban J connectivity index is 4.24. The minimum Gasteiger partial charge on any atom is -0.756 e. The van der Waals surface area contributed by atoms with Crippen LogP contribution in [0.5, 0.6) is 0 Å². The maximum atomic E-state index is 12.6. The highest BCUT2D eigenvalue weighted by molar-refractivity contribution is 7.99. The molecule has 0 aromatic heterocycles. The van der Waals surface area contributed by atoms with Gasteiger partial charge >= 0.3 is 0 Å². The number of phosphoric acid groups is 1. The lowest BCUT2D eigenvalue weighted by molar-refractivity contribution is -0.870. The van der Waals surface area contributed by atoms with Crippen molar-refractivity contribution in [2.45, 2.75) is 168 Å². The minimum atomic E-state index is -4.41. The number of nitrogens with one attached hydrogen (secondary N) is 1. The van der Waals surface area contributed by atoms with Gasteiger partial charge in [-0.2, -0.15) is 11.8 Å². The molecule has 0 aliphatic carbocycles. The Morgan fingerprint density at radius 3 is 1.59 bits per heavy atom. The van der Waals surface area contributed by atoms with Gasteiger partial charge in [-0.05, 0) is 18.6 Å². The van der Waals surface area contributed by atoms with Crippen LogP contribution in [0.4, 0.5) is 0 Å². The van der Waals surface area contributed by atoms with E-state index >= 15 is 0 Å². The van der Waals surface area contributed by atoms with Crippen LogP contribution >= 0.6 is 19.6 Å². The van der Waals surface area contributed by atoms with Gasteiger partial charge in [0.15, 0.2) is 0 Å². The van der Waals surface area contributed by atoms with E-state index < -0.39 is 7.82 Å². The number of carbonyl (C=O) groups excluding carboxylic acids is 1. The first-order chi connectivity index (χ1) is 21.1. The summed E-state index contributed by atoms with van der Waals surface area (Å²) in [6.45, 7) is 5.05. The van der Waals surface area contributed by atoms with Crippen molar-refractivity contribution in [1.29, 1.82) is 0 Å². The number of phosphoric ester groups is 1. The number of carbonyl (C=O) groups is 1. The number of hydrogen-bond donors (Lipinski definition) is 1. The van der Waals surface area contributed by atoms with Gasteiger partial charge in [0.2, 0.25) is 5.91 Å². The molecular weight excluding hydrogens is 591 g/mol. The van der Waals surface area contributed by atoms with Gasteiger partial charge in [0.25, 0.3) is 7.82 Å². The van der Waals surface area contributed by atoms with Crippen molar-refractivity contribution in [3.05, 3.63) is 0 Å². The van der Waals surface area contributed by atoms with Crippen LogP contribution in [-0.4, -0.2) is 68.8 Å². The van der Waals surface area contributed by atoms with E-state index in [4.69, 9.17) is 9.05 Å². The maximum absolute atomic E-state index is 12.6. The molecule has 264 valence electrons. The number of hydrogen-bond acceptors (Lipinski definition) is 6. The van der Waals surface area contributed by atoms with Crippen LogP contribution in [0.2, 0.25) is 0 Å². The fourth-order valence-corrected chi connectivity index (χ4v) is 6.90. The molecule has 1 unspecified atom stereocenters. The smallest absolute Gasteiger partial charge is 0.268 e. The Labute approximate surface area is 278 Å². The first kappa shape index (κ1) is 43.9. The van der Waals surface area contributed by atoms with Gasteiger partial charge in [-0.1, -0.05) is 142 Å². The van der Waals surface area contributed by atoms with Crippen molar-refractivity contribution in [3.63, 3.8) is 0 Å². The van der Waals surface area contributed by atoms with E-state index in [2.05, 4.69) is 19.2 Å². The molecule has 9 heteroatoms. The zero-order chi connectivity index (χ0) is 32.8. The highest BCUT2D eigenvalue weighted by Crippen LogP contribution is 2.38. The normalized spacial score (nSPS) is 14.0. The highest BCUT2D eigenvalue weighted by Gasteiger charge is 2.18. The van der Waals surface area contributed by atoms with Gasteiger partial charge in [-0.15, -0.1) is 0 Å². The first-order valence-electron chi connectivity index (χ1n) is 18.4. The molecule has 0 rings (SSSR count).